The molecular weight excluding hydrogens is 591 g/mol. The van der Waals surface area contributed by atoms with E-state index in [0.717, 1.165) is 19.3 Å². The molecule has 0 saturated carbocycles. The first-order valence-corrected chi connectivity index (χ1v) is 16.0. The van der Waals surface area contributed by atoms with Gasteiger partial charge in [-0.1, -0.05) is 64.3 Å². The van der Waals surface area contributed by atoms with Crippen LogP contribution in [0.3, 0.4) is 0 Å². The van der Waals surface area contributed by atoms with Gasteiger partial charge in [0.2, 0.25) is 0 Å². The minimum atomic E-state index is -0.806. The molecule has 0 unspecified atom stereocenters. The van der Waals surface area contributed by atoms with E-state index >= 15 is 4.39 Å². The highest BCUT2D eigenvalue weighted by Crippen LogP contribution is 2.34. The van der Waals surface area contributed by atoms with Crippen LogP contribution in [-0.2, 0) is 35.1 Å². The Balaban J connectivity index is 1.78. The van der Waals surface area contributed by atoms with Crippen LogP contribution in [0.25, 0.3) is 11.1 Å². The van der Waals surface area contributed by atoms with Crippen molar-refractivity contribution in [3.63, 3.8) is 0 Å². The predicted molar refractivity (Wildman–Crippen MR) is 175 cm³/mol. The standard InChI is InChI=1S/C37H49FO8/c1-8-9-10-11-12-13-18-41-33-17-15-29(20-31(33)38)28-14-16-32(30(19-28)21-42-34(39)26(2)3)43-22-37(23-44-35(40)27(4)5)24-45-36(6,7)46-25-37/h14-17,19-20H,2,4,8-13,18,21-25H2,1,3,5-7H3. The number of carbonyl (C=O) groups is 2. The summed E-state index contributed by atoms with van der Waals surface area (Å²) in [6.07, 6.45) is 6.75. The molecule has 1 heterocycles. The quantitative estimate of drug-likeness (QED) is 0.0917. The van der Waals surface area contributed by atoms with Crippen molar-refractivity contribution in [1.29, 1.82) is 0 Å². The van der Waals surface area contributed by atoms with Crippen LogP contribution in [0.1, 0.15) is 78.7 Å². The molecule has 0 N–H and O–H groups in total. The zero-order valence-electron chi connectivity index (χ0n) is 28.0. The van der Waals surface area contributed by atoms with Crippen molar-refractivity contribution in [3.8, 4) is 22.6 Å². The lowest BCUT2D eigenvalue weighted by Crippen LogP contribution is -2.52. The molecule has 0 amide bonds. The van der Waals surface area contributed by atoms with E-state index < -0.39 is 29.0 Å². The lowest BCUT2D eigenvalue weighted by molar-refractivity contribution is -0.294. The molecule has 0 spiro atoms. The van der Waals surface area contributed by atoms with E-state index in [2.05, 4.69) is 20.1 Å². The first-order valence-electron chi connectivity index (χ1n) is 16.0. The number of benzene rings is 2. The summed E-state index contributed by atoms with van der Waals surface area (Å²) in [5, 5.41) is 0. The number of rotatable bonds is 18. The van der Waals surface area contributed by atoms with Crippen molar-refractivity contribution < 1.29 is 42.4 Å². The van der Waals surface area contributed by atoms with Gasteiger partial charge in [0, 0.05) is 16.7 Å². The fourth-order valence-corrected chi connectivity index (χ4v) is 4.66. The average molecular weight is 641 g/mol. The van der Waals surface area contributed by atoms with Crippen molar-refractivity contribution in [2.45, 2.75) is 85.5 Å². The number of esters is 2. The Kier molecular flexibility index (Phi) is 13.8. The third-order valence-electron chi connectivity index (χ3n) is 7.63. The van der Waals surface area contributed by atoms with E-state index in [1.807, 2.05) is 13.8 Å². The maximum absolute atomic E-state index is 15.0. The van der Waals surface area contributed by atoms with Crippen LogP contribution >= 0.6 is 0 Å². The lowest BCUT2D eigenvalue weighted by Gasteiger charge is -2.42. The summed E-state index contributed by atoms with van der Waals surface area (Å²) in [5.41, 5.74) is 1.62. The number of hydrogen-bond donors (Lipinski definition) is 0. The first kappa shape index (κ1) is 36.8. The molecule has 0 atom stereocenters. The maximum Gasteiger partial charge on any atom is 0.333 e. The van der Waals surface area contributed by atoms with E-state index in [-0.39, 0.29) is 49.9 Å². The van der Waals surface area contributed by atoms with Crippen LogP contribution in [0.5, 0.6) is 11.5 Å². The van der Waals surface area contributed by atoms with Gasteiger partial charge < -0.3 is 28.4 Å². The molecule has 46 heavy (non-hydrogen) atoms. The number of unbranched alkanes of at least 4 members (excludes halogenated alkanes) is 5. The van der Waals surface area contributed by atoms with E-state index in [0.29, 0.717) is 29.0 Å². The Bertz CT molecular complexity index is 1360. The SMILES string of the molecule is C=C(C)C(=O)OCc1cc(-c2ccc(OCCCCCCCC)c(F)c2)ccc1OCC1(COC(=O)C(=C)C)COC(C)(C)OC1. The number of carbonyl (C=O) groups excluding carboxylic acids is 2. The molecule has 1 aliphatic heterocycles. The third-order valence-corrected chi connectivity index (χ3v) is 7.63. The highest BCUT2D eigenvalue weighted by molar-refractivity contribution is 5.87. The third kappa shape index (κ3) is 11.3. The summed E-state index contributed by atoms with van der Waals surface area (Å²) < 4.78 is 49.8. The molecule has 1 saturated heterocycles. The Morgan fingerprint density at radius 1 is 0.804 bits per heavy atom. The van der Waals surface area contributed by atoms with Gasteiger partial charge in [0.15, 0.2) is 17.4 Å². The topological polar surface area (TPSA) is 89.5 Å². The zero-order valence-corrected chi connectivity index (χ0v) is 28.0. The van der Waals surface area contributed by atoms with Gasteiger partial charge in [-0.25, -0.2) is 14.0 Å². The molecule has 0 radical (unpaired) electrons. The molecule has 1 fully saturated rings. The number of halogens is 1. The molecule has 0 bridgehead atoms. The van der Waals surface area contributed by atoms with Crippen LogP contribution in [0.4, 0.5) is 4.39 Å². The second-order valence-electron chi connectivity index (χ2n) is 12.6. The fraction of sp³-hybridized carbons (Fsp3) is 0.514. The lowest BCUT2D eigenvalue weighted by atomic mass is 9.90. The van der Waals surface area contributed by atoms with Gasteiger partial charge in [-0.15, -0.1) is 0 Å². The second kappa shape index (κ2) is 17.3. The second-order valence-corrected chi connectivity index (χ2v) is 12.6. The molecule has 252 valence electrons. The number of hydrogen-bond acceptors (Lipinski definition) is 8. The van der Waals surface area contributed by atoms with Crippen molar-refractivity contribution in [2.75, 3.05) is 33.0 Å². The molecule has 2 aromatic carbocycles. The van der Waals surface area contributed by atoms with E-state index in [1.54, 1.807) is 44.2 Å². The predicted octanol–water partition coefficient (Wildman–Crippen LogP) is 8.12. The van der Waals surface area contributed by atoms with Crippen molar-refractivity contribution in [3.05, 3.63) is 72.1 Å². The van der Waals surface area contributed by atoms with Gasteiger partial charge in [-0.3, -0.25) is 0 Å². The average Bonchev–Trinajstić information content (AvgIpc) is 3.02. The van der Waals surface area contributed by atoms with E-state index in [4.69, 9.17) is 28.4 Å². The summed E-state index contributed by atoms with van der Waals surface area (Å²) in [7, 11) is 0. The van der Waals surface area contributed by atoms with Crippen molar-refractivity contribution >= 4 is 11.9 Å². The van der Waals surface area contributed by atoms with Gasteiger partial charge in [-0.05, 0) is 69.5 Å². The normalized spacial score (nSPS) is 15.1. The van der Waals surface area contributed by atoms with Crippen LogP contribution < -0.4 is 9.47 Å². The zero-order chi connectivity index (χ0) is 33.7. The molecule has 0 aromatic heterocycles. The molecule has 0 aliphatic carbocycles. The molecule has 2 aromatic rings. The highest BCUT2D eigenvalue weighted by Gasteiger charge is 2.42. The monoisotopic (exact) mass is 640 g/mol. The summed E-state index contributed by atoms with van der Waals surface area (Å²) in [5.74, 6) is -1.67. The van der Waals surface area contributed by atoms with Crippen LogP contribution in [0, 0.1) is 11.2 Å². The first-order chi connectivity index (χ1) is 21.8. The fourth-order valence-electron chi connectivity index (χ4n) is 4.66. The van der Waals surface area contributed by atoms with Gasteiger partial charge >= 0.3 is 11.9 Å². The van der Waals surface area contributed by atoms with Gasteiger partial charge in [-0.2, -0.15) is 0 Å². The van der Waals surface area contributed by atoms with E-state index in [9.17, 15) is 9.59 Å². The minimum Gasteiger partial charge on any atom is -0.492 e. The van der Waals surface area contributed by atoms with Crippen LogP contribution in [0.15, 0.2) is 60.7 Å². The smallest absolute Gasteiger partial charge is 0.333 e. The molecule has 8 nitrogen and oxygen atoms in total. The Hall–Kier alpha value is -3.69. The van der Waals surface area contributed by atoms with Gasteiger partial charge in [0.25, 0.3) is 0 Å². The summed E-state index contributed by atoms with van der Waals surface area (Å²) >= 11 is 0. The van der Waals surface area contributed by atoms with Crippen molar-refractivity contribution in [1.82, 2.24) is 0 Å². The van der Waals surface area contributed by atoms with Crippen LogP contribution in [0.2, 0.25) is 0 Å². The molecular formula is C37H49FO8. The Morgan fingerprint density at radius 2 is 1.39 bits per heavy atom. The molecule has 3 rings (SSSR count). The highest BCUT2D eigenvalue weighted by atomic mass is 19.1. The largest absolute Gasteiger partial charge is 0.492 e. The number of ether oxygens (including phenoxy) is 6. The van der Waals surface area contributed by atoms with E-state index in [1.165, 1.54) is 25.3 Å². The van der Waals surface area contributed by atoms with Crippen LogP contribution in [-0.4, -0.2) is 50.8 Å². The minimum absolute atomic E-state index is 0.0145. The van der Waals surface area contributed by atoms with Gasteiger partial charge in [0.05, 0.1) is 25.2 Å². The summed E-state index contributed by atoms with van der Waals surface area (Å²) in [6, 6.07) is 10.2. The maximum atomic E-state index is 15.0. The van der Waals surface area contributed by atoms with Gasteiger partial charge in [0.1, 0.15) is 25.6 Å². The summed E-state index contributed by atoms with van der Waals surface area (Å²) in [6.45, 7) is 17.1. The van der Waals surface area contributed by atoms with Crippen molar-refractivity contribution in [2.24, 2.45) is 5.41 Å². The Labute approximate surface area is 272 Å². The Morgan fingerprint density at radius 3 is 2.02 bits per heavy atom. The molecule has 9 heteroatoms. The molecule has 1 aliphatic rings. The summed E-state index contributed by atoms with van der Waals surface area (Å²) in [4.78, 5) is 24.4.